The van der Waals surface area contributed by atoms with Crippen molar-refractivity contribution in [2.75, 3.05) is 26.4 Å². The van der Waals surface area contributed by atoms with Crippen LogP contribution in [0.2, 0.25) is 0 Å². The Hall–Kier alpha value is -0.860. The summed E-state index contributed by atoms with van der Waals surface area (Å²) in [5.41, 5.74) is 4.77. The first-order chi connectivity index (χ1) is 13.0. The summed E-state index contributed by atoms with van der Waals surface area (Å²) in [4.78, 5) is 0. The number of hydrogen-bond acceptors (Lipinski definition) is 4. The molecule has 0 aliphatic carbocycles. The van der Waals surface area contributed by atoms with Crippen LogP contribution < -0.4 is 10.6 Å². The van der Waals surface area contributed by atoms with Gasteiger partial charge in [0.05, 0.1) is 31.8 Å². The van der Waals surface area contributed by atoms with Gasteiger partial charge in [-0.15, -0.1) is 0 Å². The quantitative estimate of drug-likeness (QED) is 0.687. The molecule has 0 amide bonds. The molecule has 6 heteroatoms. The van der Waals surface area contributed by atoms with Crippen molar-refractivity contribution in [3.63, 3.8) is 0 Å². The van der Waals surface area contributed by atoms with Crippen LogP contribution >= 0.6 is 16.8 Å². The van der Waals surface area contributed by atoms with Crippen molar-refractivity contribution in [1.29, 1.82) is 0 Å². The van der Waals surface area contributed by atoms with Gasteiger partial charge in [0.2, 0.25) is 16.8 Å². The van der Waals surface area contributed by atoms with Crippen LogP contribution in [0, 0.1) is 33.1 Å². The molecule has 2 saturated heterocycles. The third-order valence-electron chi connectivity index (χ3n) is 5.05. The van der Waals surface area contributed by atoms with Crippen LogP contribution in [0.15, 0.2) is 36.4 Å². The second-order valence-electron chi connectivity index (χ2n) is 7.69. The molecule has 144 valence electrons. The summed E-state index contributed by atoms with van der Waals surface area (Å²) in [5, 5.41) is 2.33. The Labute approximate surface area is 164 Å². The minimum absolute atomic E-state index is 0.200. The molecule has 2 heterocycles. The maximum absolute atomic E-state index is 6.15. The van der Waals surface area contributed by atoms with Crippen LogP contribution in [0.3, 0.4) is 0 Å². The average molecular weight is 404 g/mol. The van der Waals surface area contributed by atoms with E-state index in [1.165, 1.54) is 32.9 Å². The molecule has 0 aromatic heterocycles. The van der Waals surface area contributed by atoms with Gasteiger partial charge in [0.25, 0.3) is 0 Å². The van der Waals surface area contributed by atoms with Gasteiger partial charge in [-0.3, -0.25) is 0 Å². The lowest BCUT2D eigenvalue weighted by Crippen LogP contribution is -2.46. The van der Waals surface area contributed by atoms with Gasteiger partial charge in [-0.25, -0.2) is 0 Å². The highest BCUT2D eigenvalue weighted by atomic mass is 31.2. The first-order valence-corrected chi connectivity index (χ1v) is 11.6. The largest absolute Gasteiger partial charge is 0.330 e. The standard InChI is InChI=1S/C21H26O4P2/c1-15-5-7-19(17(3)9-15)26-22-11-21(12-23-26)13-24-27(25-14-21)20-8-6-16(2)10-18(20)4/h5-10H,11-14H2,1-4H3. The molecular formula is C21H26O4P2. The molecule has 4 nitrogen and oxygen atoms in total. The van der Waals surface area contributed by atoms with E-state index >= 15 is 0 Å². The minimum atomic E-state index is -1.02. The number of benzene rings is 2. The van der Waals surface area contributed by atoms with Gasteiger partial charge >= 0.3 is 0 Å². The summed E-state index contributed by atoms with van der Waals surface area (Å²) >= 11 is 0. The summed E-state index contributed by atoms with van der Waals surface area (Å²) in [6, 6.07) is 12.8. The van der Waals surface area contributed by atoms with E-state index in [2.05, 4.69) is 64.1 Å². The van der Waals surface area contributed by atoms with Crippen LogP contribution in [-0.2, 0) is 18.1 Å². The maximum atomic E-state index is 6.15. The summed E-state index contributed by atoms with van der Waals surface area (Å²) in [6.07, 6.45) is 0. The molecule has 0 radical (unpaired) electrons. The third-order valence-corrected chi connectivity index (χ3v) is 8.29. The van der Waals surface area contributed by atoms with Crippen LogP contribution in [-0.4, -0.2) is 26.4 Å². The Morgan fingerprint density at radius 3 is 1.33 bits per heavy atom. The van der Waals surface area contributed by atoms with E-state index in [-0.39, 0.29) is 5.41 Å². The molecule has 0 N–H and O–H groups in total. The first kappa shape index (κ1) is 19.5. The van der Waals surface area contributed by atoms with Crippen molar-refractivity contribution in [2.24, 2.45) is 5.41 Å². The number of rotatable bonds is 2. The van der Waals surface area contributed by atoms with Crippen molar-refractivity contribution in [2.45, 2.75) is 27.7 Å². The van der Waals surface area contributed by atoms with E-state index in [1.807, 2.05) is 0 Å². The predicted molar refractivity (Wildman–Crippen MR) is 111 cm³/mol. The van der Waals surface area contributed by atoms with E-state index in [4.69, 9.17) is 18.1 Å². The molecule has 2 aliphatic heterocycles. The summed E-state index contributed by atoms with van der Waals surface area (Å²) in [5.74, 6) is 0. The van der Waals surface area contributed by atoms with E-state index in [0.717, 1.165) is 0 Å². The predicted octanol–water partition coefficient (Wildman–Crippen LogP) is 4.57. The average Bonchev–Trinajstić information content (AvgIpc) is 2.64. The summed E-state index contributed by atoms with van der Waals surface area (Å²) < 4.78 is 24.6. The van der Waals surface area contributed by atoms with E-state index in [0.29, 0.717) is 26.4 Å². The van der Waals surface area contributed by atoms with Crippen molar-refractivity contribution in [1.82, 2.24) is 0 Å². The molecule has 2 aromatic carbocycles. The van der Waals surface area contributed by atoms with Gasteiger partial charge in [-0.05, 0) is 51.0 Å². The lowest BCUT2D eigenvalue weighted by molar-refractivity contribution is -0.0498. The zero-order valence-electron chi connectivity index (χ0n) is 16.3. The maximum Gasteiger partial charge on any atom is 0.205 e. The molecule has 0 bridgehead atoms. The van der Waals surface area contributed by atoms with E-state index in [1.54, 1.807) is 0 Å². The number of aryl methyl sites for hydroxylation is 4. The van der Waals surface area contributed by atoms with Crippen molar-refractivity contribution < 1.29 is 18.1 Å². The highest BCUT2D eigenvalue weighted by molar-refractivity contribution is 7.56. The van der Waals surface area contributed by atoms with Crippen molar-refractivity contribution in [3.8, 4) is 0 Å². The monoisotopic (exact) mass is 404 g/mol. The van der Waals surface area contributed by atoms with Gasteiger partial charge in [0, 0.05) is 10.6 Å². The lowest BCUT2D eigenvalue weighted by Gasteiger charge is -2.43. The van der Waals surface area contributed by atoms with Crippen LogP contribution in [0.4, 0.5) is 0 Å². The highest BCUT2D eigenvalue weighted by Gasteiger charge is 2.43. The Bertz CT molecular complexity index is 750. The van der Waals surface area contributed by atoms with E-state index in [9.17, 15) is 0 Å². The molecule has 27 heavy (non-hydrogen) atoms. The molecule has 1 spiro atoms. The van der Waals surface area contributed by atoms with Gasteiger partial charge < -0.3 is 18.1 Å². The second kappa shape index (κ2) is 7.87. The highest BCUT2D eigenvalue weighted by Crippen LogP contribution is 2.52. The fourth-order valence-electron chi connectivity index (χ4n) is 3.41. The number of hydrogen-bond donors (Lipinski definition) is 0. The third kappa shape index (κ3) is 4.12. The molecule has 2 aromatic rings. The molecule has 2 aliphatic rings. The minimum Gasteiger partial charge on any atom is -0.330 e. The zero-order valence-corrected chi connectivity index (χ0v) is 18.1. The lowest BCUT2D eigenvalue weighted by atomic mass is 9.93. The first-order valence-electron chi connectivity index (χ1n) is 9.22. The van der Waals surface area contributed by atoms with Gasteiger partial charge in [-0.1, -0.05) is 35.4 Å². The Kier molecular flexibility index (Phi) is 5.67. The molecular weight excluding hydrogens is 378 g/mol. The normalized spacial score (nSPS) is 28.4. The molecule has 4 rings (SSSR count). The van der Waals surface area contributed by atoms with Crippen LogP contribution in [0.5, 0.6) is 0 Å². The fourth-order valence-corrected chi connectivity index (χ4v) is 6.77. The van der Waals surface area contributed by atoms with Crippen molar-refractivity contribution in [3.05, 3.63) is 58.7 Å². The molecule has 2 fully saturated rings. The molecule has 0 unspecified atom stereocenters. The molecule has 0 saturated carbocycles. The second-order valence-corrected chi connectivity index (χ2v) is 10.7. The fraction of sp³-hybridized carbons (Fsp3) is 0.429. The van der Waals surface area contributed by atoms with Crippen molar-refractivity contribution >= 4 is 27.4 Å². The topological polar surface area (TPSA) is 36.9 Å². The zero-order chi connectivity index (χ0) is 19.0. The van der Waals surface area contributed by atoms with Crippen LogP contribution in [0.1, 0.15) is 22.3 Å². The molecule has 0 atom stereocenters. The summed E-state index contributed by atoms with van der Waals surface area (Å²) in [7, 11) is -2.04. The Morgan fingerprint density at radius 2 is 1.00 bits per heavy atom. The van der Waals surface area contributed by atoms with Crippen LogP contribution in [0.25, 0.3) is 0 Å². The Balaban J connectivity index is 1.38. The summed E-state index contributed by atoms with van der Waals surface area (Å²) in [6.45, 7) is 10.9. The smallest absolute Gasteiger partial charge is 0.205 e. The van der Waals surface area contributed by atoms with Gasteiger partial charge in [0.15, 0.2) is 0 Å². The Morgan fingerprint density at radius 1 is 0.630 bits per heavy atom. The SMILES string of the molecule is Cc1ccc(P2OCC3(CO2)COP(c2ccc(C)cc2C)OC3)c(C)c1. The van der Waals surface area contributed by atoms with Gasteiger partial charge in [0.1, 0.15) is 0 Å². The van der Waals surface area contributed by atoms with E-state index < -0.39 is 16.8 Å². The van der Waals surface area contributed by atoms with Gasteiger partial charge in [-0.2, -0.15) is 0 Å².